The highest BCUT2D eigenvalue weighted by Crippen LogP contribution is 2.34. The molecule has 42 heavy (non-hydrogen) atoms. The monoisotopic (exact) mass is 610 g/mol. The molecule has 0 spiro atoms. The Morgan fingerprint density at radius 1 is 0.571 bits per heavy atom. The molecular weight excluding hydrogens is 575 g/mol. The molecule has 0 aliphatic carbocycles. The number of methoxy groups -OCH3 is 1. The number of benzene rings is 4. The summed E-state index contributed by atoms with van der Waals surface area (Å²) >= 11 is 8.80. The summed E-state index contributed by atoms with van der Waals surface area (Å²) in [6, 6.07) is 30.1. The van der Waals surface area contributed by atoms with E-state index in [0.717, 1.165) is 22.4 Å². The fraction of sp³-hybridized carbons (Fsp3) is 0.235. The summed E-state index contributed by atoms with van der Waals surface area (Å²) in [5, 5.41) is 18.6. The number of esters is 1. The Labute approximate surface area is 257 Å². The number of ether oxygens (including phenoxy) is 2. The first-order valence-electron chi connectivity index (χ1n) is 13.0. The molecule has 222 valence electrons. The van der Waals surface area contributed by atoms with Crippen LogP contribution in [-0.2, 0) is 15.6 Å². The summed E-state index contributed by atoms with van der Waals surface area (Å²) in [6.07, 6.45) is 0. The zero-order valence-electron chi connectivity index (χ0n) is 24.5. The summed E-state index contributed by atoms with van der Waals surface area (Å²) in [4.78, 5) is 19.9. The van der Waals surface area contributed by atoms with Crippen LogP contribution in [0, 0.1) is 0 Å². The molecule has 0 saturated carbocycles. The van der Waals surface area contributed by atoms with Gasteiger partial charge in [-0.05, 0) is 94.0 Å². The molecule has 4 aromatic rings. The van der Waals surface area contributed by atoms with Crippen LogP contribution >= 0.6 is 23.2 Å². The largest absolute Gasteiger partial charge is 0.508 e. The fourth-order valence-electron chi connectivity index (χ4n) is 4.20. The topological polar surface area (TPSA) is 93.1 Å². The summed E-state index contributed by atoms with van der Waals surface area (Å²) in [5.41, 5.74) is 4.32. The van der Waals surface area contributed by atoms with Gasteiger partial charge in [0.05, 0.1) is 7.11 Å². The molecule has 8 heteroatoms. The molecule has 0 bridgehead atoms. The lowest BCUT2D eigenvalue weighted by atomic mass is 9.78. The minimum atomic E-state index is -0.889. The summed E-state index contributed by atoms with van der Waals surface area (Å²) in [5.74, 6) is 1.65. The normalized spacial score (nSPS) is 10.8. The van der Waals surface area contributed by atoms with Crippen LogP contribution in [0.3, 0.4) is 0 Å². The number of halogens is 2. The SMILES string of the molecule is CC(C)(c1ccc(O)cc1)c1ccc(O)cc1.COc1ccc(C(C)(C)c2ccc(OC(C)=O)cc2)cc1.O=C(Cl)Cl. The Balaban J connectivity index is 0.000000265. The molecule has 4 rings (SSSR count). The zero-order chi connectivity index (χ0) is 31.5. The van der Waals surface area contributed by atoms with Gasteiger partial charge in [0.1, 0.15) is 23.0 Å². The Bertz CT molecular complexity index is 1380. The van der Waals surface area contributed by atoms with Crippen LogP contribution in [0.25, 0.3) is 0 Å². The Kier molecular flexibility index (Phi) is 12.5. The van der Waals surface area contributed by atoms with Gasteiger partial charge in [0.15, 0.2) is 0 Å². The van der Waals surface area contributed by atoms with E-state index in [4.69, 9.17) is 14.3 Å². The lowest BCUT2D eigenvalue weighted by Gasteiger charge is -2.26. The van der Waals surface area contributed by atoms with E-state index in [0.29, 0.717) is 5.75 Å². The van der Waals surface area contributed by atoms with Crippen molar-refractivity contribution in [2.24, 2.45) is 0 Å². The van der Waals surface area contributed by atoms with E-state index < -0.39 is 4.70 Å². The van der Waals surface area contributed by atoms with Crippen molar-refractivity contribution in [3.05, 3.63) is 119 Å². The molecule has 0 aliphatic heterocycles. The van der Waals surface area contributed by atoms with E-state index in [1.807, 2.05) is 60.7 Å². The maximum absolute atomic E-state index is 10.9. The molecule has 0 aromatic heterocycles. The van der Waals surface area contributed by atoms with Crippen LogP contribution in [0.2, 0.25) is 0 Å². The van der Waals surface area contributed by atoms with Crippen molar-refractivity contribution < 1.29 is 29.3 Å². The van der Waals surface area contributed by atoms with Gasteiger partial charge >= 0.3 is 10.7 Å². The van der Waals surface area contributed by atoms with E-state index in [1.165, 1.54) is 12.5 Å². The predicted molar refractivity (Wildman–Crippen MR) is 168 cm³/mol. The molecule has 0 atom stereocenters. The van der Waals surface area contributed by atoms with Crippen LogP contribution in [0.5, 0.6) is 23.0 Å². The highest BCUT2D eigenvalue weighted by molar-refractivity contribution is 6.93. The van der Waals surface area contributed by atoms with Gasteiger partial charge in [-0.2, -0.15) is 0 Å². The third-order valence-electron chi connectivity index (χ3n) is 6.83. The van der Waals surface area contributed by atoms with Gasteiger partial charge in [-0.3, -0.25) is 9.59 Å². The number of hydrogen-bond acceptors (Lipinski definition) is 6. The van der Waals surface area contributed by atoms with Crippen LogP contribution in [0.4, 0.5) is 4.79 Å². The predicted octanol–water partition coefficient (Wildman–Crippen LogP) is 8.95. The van der Waals surface area contributed by atoms with E-state index >= 15 is 0 Å². The number of aromatic hydroxyl groups is 2. The smallest absolute Gasteiger partial charge is 0.313 e. The lowest BCUT2D eigenvalue weighted by Crippen LogP contribution is -2.18. The number of hydrogen-bond donors (Lipinski definition) is 2. The molecule has 0 fully saturated rings. The number of carbonyl (C=O) groups excluding carboxylic acids is 2. The molecule has 0 heterocycles. The van der Waals surface area contributed by atoms with Crippen LogP contribution in [0.1, 0.15) is 56.9 Å². The molecule has 0 aliphatic rings. The van der Waals surface area contributed by atoms with Gasteiger partial charge in [0.25, 0.3) is 0 Å². The van der Waals surface area contributed by atoms with Crippen LogP contribution in [0.15, 0.2) is 97.1 Å². The van der Waals surface area contributed by atoms with Crippen molar-refractivity contribution in [3.63, 3.8) is 0 Å². The molecule has 0 amide bonds. The maximum atomic E-state index is 10.9. The van der Waals surface area contributed by atoms with E-state index in [2.05, 4.69) is 63.0 Å². The lowest BCUT2D eigenvalue weighted by molar-refractivity contribution is -0.131. The molecule has 6 nitrogen and oxygen atoms in total. The Morgan fingerprint density at radius 3 is 1.10 bits per heavy atom. The van der Waals surface area contributed by atoms with Gasteiger partial charge in [0, 0.05) is 17.8 Å². The van der Waals surface area contributed by atoms with Gasteiger partial charge in [0.2, 0.25) is 0 Å². The van der Waals surface area contributed by atoms with Crippen LogP contribution in [-0.4, -0.2) is 28.0 Å². The number of carbonyl (C=O) groups is 2. The second-order valence-electron chi connectivity index (χ2n) is 10.4. The highest BCUT2D eigenvalue weighted by atomic mass is 35.5. The molecule has 0 unspecified atom stereocenters. The average Bonchev–Trinajstić information content (AvgIpc) is 2.93. The van der Waals surface area contributed by atoms with E-state index in [1.54, 1.807) is 31.4 Å². The quantitative estimate of drug-likeness (QED) is 0.128. The first-order valence-corrected chi connectivity index (χ1v) is 13.8. The van der Waals surface area contributed by atoms with Gasteiger partial charge in [-0.1, -0.05) is 76.2 Å². The third-order valence-corrected chi connectivity index (χ3v) is 6.83. The molecule has 0 saturated heterocycles. The third kappa shape index (κ3) is 10.1. The second-order valence-corrected chi connectivity index (χ2v) is 11.3. The molecule has 2 N–H and O–H groups in total. The van der Waals surface area contributed by atoms with Gasteiger partial charge in [-0.25, -0.2) is 0 Å². The Morgan fingerprint density at radius 2 is 0.833 bits per heavy atom. The van der Waals surface area contributed by atoms with Crippen molar-refractivity contribution in [2.45, 2.75) is 45.4 Å². The van der Waals surface area contributed by atoms with E-state index in [9.17, 15) is 15.0 Å². The standard InChI is InChI=1S/C18H20O3.C15H16O2.CCl2O/c1-13(19)21-17-11-7-15(8-12-17)18(2,3)14-5-9-16(20-4)10-6-14;1-15(2,11-3-7-13(16)8-4-11)12-5-9-14(17)10-6-12;2-1(3)4/h5-12H,1-4H3;3-10,16-17H,1-2H3;. The minimum absolute atomic E-state index is 0.138. The maximum Gasteiger partial charge on any atom is 0.313 e. The Hall–Kier alpha value is -4.00. The summed E-state index contributed by atoms with van der Waals surface area (Å²) in [7, 11) is 1.66. The average molecular weight is 612 g/mol. The van der Waals surface area contributed by atoms with Crippen molar-refractivity contribution in [3.8, 4) is 23.0 Å². The minimum Gasteiger partial charge on any atom is -0.508 e. The van der Waals surface area contributed by atoms with E-state index in [-0.39, 0.29) is 28.3 Å². The van der Waals surface area contributed by atoms with Crippen molar-refractivity contribution in [2.75, 3.05) is 7.11 Å². The first-order chi connectivity index (χ1) is 19.7. The molecule has 4 aromatic carbocycles. The molecular formula is C34H36Cl2O6. The summed E-state index contributed by atoms with van der Waals surface area (Å²) in [6.45, 7) is 9.96. The number of phenols is 2. The van der Waals surface area contributed by atoms with Crippen LogP contribution < -0.4 is 9.47 Å². The second kappa shape index (κ2) is 15.3. The molecule has 0 radical (unpaired) electrons. The first kappa shape index (κ1) is 34.2. The number of phenolic OH excluding ortho intramolecular Hbond substituents is 2. The fourth-order valence-corrected chi connectivity index (χ4v) is 4.20. The highest BCUT2D eigenvalue weighted by Gasteiger charge is 2.24. The number of rotatable bonds is 6. The van der Waals surface area contributed by atoms with Crippen molar-refractivity contribution >= 4 is 33.9 Å². The van der Waals surface area contributed by atoms with Gasteiger partial charge in [-0.15, -0.1) is 0 Å². The zero-order valence-corrected chi connectivity index (χ0v) is 26.0. The van der Waals surface area contributed by atoms with Gasteiger partial charge < -0.3 is 19.7 Å². The van der Waals surface area contributed by atoms with Crippen molar-refractivity contribution in [1.29, 1.82) is 0 Å². The van der Waals surface area contributed by atoms with Crippen molar-refractivity contribution in [1.82, 2.24) is 0 Å². The summed E-state index contributed by atoms with van der Waals surface area (Å²) < 4.78 is 9.37.